The number of carbonyl (C=O) groups is 1. The zero-order valence-corrected chi connectivity index (χ0v) is 19.0. The van der Waals surface area contributed by atoms with Crippen molar-refractivity contribution in [2.75, 3.05) is 26.7 Å². The predicted octanol–water partition coefficient (Wildman–Crippen LogP) is 3.48. The van der Waals surface area contributed by atoms with Crippen molar-refractivity contribution in [2.45, 2.75) is 37.4 Å². The quantitative estimate of drug-likeness (QED) is 0.466. The number of hydrogen-bond acceptors (Lipinski definition) is 5. The molecule has 0 spiro atoms. The summed E-state index contributed by atoms with van der Waals surface area (Å²) in [6, 6.07) is 17.1. The van der Waals surface area contributed by atoms with Gasteiger partial charge in [0.2, 0.25) is 5.60 Å². The number of likely N-dealkylation sites (tertiary alicyclic amines) is 1. The number of aliphatic hydroxyl groups is 1. The van der Waals surface area contributed by atoms with Crippen molar-refractivity contribution in [3.63, 3.8) is 0 Å². The Morgan fingerprint density at radius 3 is 2.48 bits per heavy atom. The second-order valence-electron chi connectivity index (χ2n) is 9.52. The number of quaternary nitrogens is 1. The summed E-state index contributed by atoms with van der Waals surface area (Å²) < 4.78 is 6.88. The van der Waals surface area contributed by atoms with E-state index in [0.29, 0.717) is 11.1 Å². The maximum absolute atomic E-state index is 13.5. The van der Waals surface area contributed by atoms with Crippen LogP contribution in [-0.2, 0) is 21.6 Å². The van der Waals surface area contributed by atoms with Gasteiger partial charge in [-0.05, 0) is 30.0 Å². The third-order valence-corrected chi connectivity index (χ3v) is 7.14. The van der Waals surface area contributed by atoms with Crippen LogP contribution in [0.3, 0.4) is 0 Å². The Balaban J connectivity index is 1.29. The number of ether oxygens (including phenoxy) is 1. The topological polar surface area (TPSA) is 72.3 Å². The van der Waals surface area contributed by atoms with Crippen molar-refractivity contribution >= 4 is 5.97 Å². The summed E-state index contributed by atoms with van der Waals surface area (Å²) in [4.78, 5) is 21.8. The van der Waals surface area contributed by atoms with Crippen molar-refractivity contribution in [1.82, 2.24) is 9.97 Å². The minimum Gasteiger partial charge on any atom is -0.454 e. The summed E-state index contributed by atoms with van der Waals surface area (Å²) in [7, 11) is 2.23. The molecule has 6 nitrogen and oxygen atoms in total. The average molecular weight is 445 g/mol. The first-order chi connectivity index (χ1) is 16.0. The highest BCUT2D eigenvalue weighted by Crippen LogP contribution is 2.48. The van der Waals surface area contributed by atoms with Crippen molar-refractivity contribution in [3.8, 4) is 11.1 Å². The SMILES string of the molecule is C[N+]1(CCCc2ccncn2)CCC[C@@H](OC(=O)C2(O)c3ccccc3-c3ccccc32)C1. The van der Waals surface area contributed by atoms with Gasteiger partial charge in [0, 0.05) is 35.9 Å². The fourth-order valence-electron chi connectivity index (χ4n) is 5.45. The first-order valence-electron chi connectivity index (χ1n) is 11.7. The lowest BCUT2D eigenvalue weighted by atomic mass is 9.91. The van der Waals surface area contributed by atoms with Gasteiger partial charge in [-0.1, -0.05) is 48.5 Å². The molecule has 1 fully saturated rings. The van der Waals surface area contributed by atoms with E-state index in [9.17, 15) is 9.90 Å². The minimum atomic E-state index is -1.76. The number of nitrogens with zero attached hydrogens (tertiary/aromatic N) is 3. The third kappa shape index (κ3) is 4.05. The number of hydrogen-bond donors (Lipinski definition) is 1. The summed E-state index contributed by atoms with van der Waals surface area (Å²) in [6.07, 6.45) is 6.90. The van der Waals surface area contributed by atoms with Gasteiger partial charge in [0.05, 0.1) is 20.1 Å². The van der Waals surface area contributed by atoms with Gasteiger partial charge in [-0.15, -0.1) is 0 Å². The normalized spacial score (nSPS) is 22.9. The molecular weight excluding hydrogens is 414 g/mol. The standard InChI is InChI=1S/C27H30N3O3/c1-30(16-6-8-20-14-15-28-19-29-20)17-7-9-21(18-30)33-26(31)27(32)24-12-4-2-10-22(24)23-11-3-5-13-25(23)27/h2-5,10-15,19,21,32H,6-9,16-18H2,1H3/q+1/t21-,30?/m1/s1. The second kappa shape index (κ2) is 8.69. The average Bonchev–Trinajstić information content (AvgIpc) is 3.10. The van der Waals surface area contributed by atoms with Gasteiger partial charge in [0.25, 0.3) is 0 Å². The summed E-state index contributed by atoms with van der Waals surface area (Å²) >= 11 is 0. The van der Waals surface area contributed by atoms with Crippen LogP contribution in [0.1, 0.15) is 36.1 Å². The van der Waals surface area contributed by atoms with Gasteiger partial charge in [-0.25, -0.2) is 14.8 Å². The Bertz CT molecular complexity index is 1100. The smallest absolute Gasteiger partial charge is 0.348 e. The van der Waals surface area contributed by atoms with Crippen LogP contribution in [0.5, 0.6) is 0 Å². The van der Waals surface area contributed by atoms with Crippen LogP contribution in [0.15, 0.2) is 67.1 Å². The van der Waals surface area contributed by atoms with Crippen LogP contribution >= 0.6 is 0 Å². The molecule has 0 amide bonds. The van der Waals surface area contributed by atoms with Gasteiger partial charge < -0.3 is 14.3 Å². The molecule has 0 bridgehead atoms. The van der Waals surface area contributed by atoms with Crippen LogP contribution in [0.25, 0.3) is 11.1 Å². The molecule has 0 saturated carbocycles. The highest BCUT2D eigenvalue weighted by atomic mass is 16.6. The zero-order valence-electron chi connectivity index (χ0n) is 19.0. The largest absolute Gasteiger partial charge is 0.454 e. The van der Waals surface area contributed by atoms with E-state index in [1.165, 1.54) is 0 Å². The third-order valence-electron chi connectivity index (χ3n) is 7.14. The molecule has 6 heteroatoms. The number of esters is 1. The predicted molar refractivity (Wildman–Crippen MR) is 125 cm³/mol. The fourth-order valence-corrected chi connectivity index (χ4v) is 5.45. The lowest BCUT2D eigenvalue weighted by Crippen LogP contribution is -2.55. The molecule has 2 aromatic carbocycles. The summed E-state index contributed by atoms with van der Waals surface area (Å²) in [5.41, 5.74) is 2.28. The van der Waals surface area contributed by atoms with Gasteiger partial charge >= 0.3 is 5.97 Å². The summed E-state index contributed by atoms with van der Waals surface area (Å²) in [6.45, 7) is 2.82. The van der Waals surface area contributed by atoms with Crippen molar-refractivity contribution in [2.24, 2.45) is 0 Å². The second-order valence-corrected chi connectivity index (χ2v) is 9.52. The van der Waals surface area contributed by atoms with Crippen molar-refractivity contribution in [3.05, 3.63) is 83.9 Å². The number of benzene rings is 2. The fraction of sp³-hybridized carbons (Fsp3) is 0.370. The number of piperidine rings is 1. The highest BCUT2D eigenvalue weighted by molar-refractivity contribution is 5.96. The van der Waals surface area contributed by atoms with Crippen LogP contribution in [-0.4, -0.2) is 58.3 Å². The van der Waals surface area contributed by atoms with E-state index < -0.39 is 11.6 Å². The van der Waals surface area contributed by atoms with E-state index in [1.54, 1.807) is 12.5 Å². The number of fused-ring (bicyclic) bond motifs is 3. The Morgan fingerprint density at radius 2 is 1.82 bits per heavy atom. The molecular formula is C27H30N3O3+. The molecule has 1 N–H and O–H groups in total. The van der Waals surface area contributed by atoms with E-state index in [4.69, 9.17) is 4.74 Å². The summed E-state index contributed by atoms with van der Waals surface area (Å²) in [5, 5.41) is 11.7. The number of carbonyl (C=O) groups excluding carboxylic acids is 1. The Hall–Kier alpha value is -3.09. The molecule has 0 radical (unpaired) electrons. The lowest BCUT2D eigenvalue weighted by molar-refractivity contribution is -0.917. The molecule has 1 unspecified atom stereocenters. The molecule has 170 valence electrons. The molecule has 1 aromatic heterocycles. The summed E-state index contributed by atoms with van der Waals surface area (Å²) in [5.74, 6) is -0.570. The number of aryl methyl sites for hydroxylation is 1. The van der Waals surface area contributed by atoms with Crippen molar-refractivity contribution < 1.29 is 19.1 Å². The minimum absolute atomic E-state index is 0.209. The molecule has 1 saturated heterocycles. The van der Waals surface area contributed by atoms with Crippen molar-refractivity contribution in [1.29, 1.82) is 0 Å². The van der Waals surface area contributed by atoms with Gasteiger partial charge in [0.15, 0.2) is 6.10 Å². The van der Waals surface area contributed by atoms with Crippen LogP contribution < -0.4 is 0 Å². The van der Waals surface area contributed by atoms with E-state index >= 15 is 0 Å². The van der Waals surface area contributed by atoms with Crippen LogP contribution in [0.4, 0.5) is 0 Å². The van der Waals surface area contributed by atoms with Crippen LogP contribution in [0, 0.1) is 0 Å². The molecule has 1 aliphatic carbocycles. The molecule has 33 heavy (non-hydrogen) atoms. The number of likely N-dealkylation sites (N-methyl/N-ethyl adjacent to an activating group) is 1. The Labute approximate surface area is 194 Å². The lowest BCUT2D eigenvalue weighted by Gasteiger charge is -2.41. The van der Waals surface area contributed by atoms with Gasteiger partial charge in [0.1, 0.15) is 12.9 Å². The Kier molecular flexibility index (Phi) is 5.72. The van der Waals surface area contributed by atoms with E-state index in [-0.39, 0.29) is 6.10 Å². The highest BCUT2D eigenvalue weighted by Gasteiger charge is 2.50. The van der Waals surface area contributed by atoms with E-state index in [0.717, 1.165) is 66.6 Å². The molecule has 2 atom stereocenters. The van der Waals surface area contributed by atoms with Crippen LogP contribution in [0.2, 0.25) is 0 Å². The maximum Gasteiger partial charge on any atom is 0.348 e. The van der Waals surface area contributed by atoms with Gasteiger partial charge in [-0.2, -0.15) is 0 Å². The molecule has 5 rings (SSSR count). The first kappa shape index (κ1) is 21.7. The van der Waals surface area contributed by atoms with Gasteiger partial charge in [-0.3, -0.25) is 0 Å². The maximum atomic E-state index is 13.5. The Morgan fingerprint density at radius 1 is 1.12 bits per heavy atom. The first-order valence-corrected chi connectivity index (χ1v) is 11.7. The molecule has 2 heterocycles. The molecule has 1 aliphatic heterocycles. The zero-order chi connectivity index (χ0) is 22.9. The van der Waals surface area contributed by atoms with E-state index in [2.05, 4.69) is 17.0 Å². The number of aromatic nitrogens is 2. The molecule has 2 aliphatic rings. The number of rotatable bonds is 6. The monoisotopic (exact) mass is 444 g/mol. The van der Waals surface area contributed by atoms with E-state index in [1.807, 2.05) is 54.6 Å². The molecule has 3 aromatic rings.